The summed E-state index contributed by atoms with van der Waals surface area (Å²) in [6, 6.07) is 1.24. The van der Waals surface area contributed by atoms with Crippen LogP contribution < -0.4 is 10.6 Å². The van der Waals surface area contributed by atoms with Gasteiger partial charge in [-0.2, -0.15) is 0 Å². The Morgan fingerprint density at radius 1 is 1.15 bits per heavy atom. The van der Waals surface area contributed by atoms with Crippen molar-refractivity contribution in [1.29, 1.82) is 0 Å². The van der Waals surface area contributed by atoms with Gasteiger partial charge in [-0.3, -0.25) is 0 Å². The Kier molecular flexibility index (Phi) is 4.07. The van der Waals surface area contributed by atoms with Crippen molar-refractivity contribution in [1.82, 2.24) is 10.6 Å². The molecule has 0 radical (unpaired) electrons. The van der Waals surface area contributed by atoms with E-state index in [0.717, 1.165) is 6.42 Å². The Morgan fingerprint density at radius 3 is 2.30 bits per heavy atom. The Labute approximate surface area is 123 Å². The molecule has 4 unspecified atom stereocenters. The summed E-state index contributed by atoms with van der Waals surface area (Å²) in [6.07, 6.45) is 3.22. The van der Waals surface area contributed by atoms with Crippen molar-refractivity contribution >= 4 is 6.09 Å². The van der Waals surface area contributed by atoms with Gasteiger partial charge in [0, 0.05) is 18.1 Å². The molecule has 4 atom stereocenters. The summed E-state index contributed by atoms with van der Waals surface area (Å²) in [7, 11) is 0. The highest BCUT2D eigenvalue weighted by Gasteiger charge is 2.44. The Balaban J connectivity index is 1.72. The highest BCUT2D eigenvalue weighted by molar-refractivity contribution is 5.68. The quantitative estimate of drug-likeness (QED) is 0.836. The number of nitrogens with one attached hydrogen (secondary N) is 2. The minimum atomic E-state index is -0.425. The van der Waals surface area contributed by atoms with Crippen LogP contribution in [0.2, 0.25) is 0 Å². The molecule has 0 aromatic carbocycles. The van der Waals surface area contributed by atoms with Gasteiger partial charge in [0.15, 0.2) is 0 Å². The van der Waals surface area contributed by atoms with Gasteiger partial charge < -0.3 is 15.4 Å². The summed E-state index contributed by atoms with van der Waals surface area (Å²) >= 11 is 0. The zero-order valence-electron chi connectivity index (χ0n) is 13.7. The van der Waals surface area contributed by atoms with E-state index in [1.54, 1.807) is 0 Å². The van der Waals surface area contributed by atoms with Crippen molar-refractivity contribution in [3.63, 3.8) is 0 Å². The smallest absolute Gasteiger partial charge is 0.407 e. The van der Waals surface area contributed by atoms with Gasteiger partial charge in [-0.25, -0.2) is 4.79 Å². The second-order valence-corrected chi connectivity index (χ2v) is 8.42. The van der Waals surface area contributed by atoms with Gasteiger partial charge in [0.25, 0.3) is 0 Å². The highest BCUT2D eigenvalue weighted by atomic mass is 16.6. The first kappa shape index (κ1) is 15.6. The summed E-state index contributed by atoms with van der Waals surface area (Å²) in [4.78, 5) is 11.7. The first-order valence-corrected chi connectivity index (χ1v) is 7.81. The number of hydrogen-bond acceptors (Lipinski definition) is 3. The molecular formula is C16H30N2O2. The molecule has 2 aliphatic rings. The molecule has 2 N–H and O–H groups in total. The normalized spacial score (nSPS) is 35.7. The SMILES string of the molecule is CC1CC(C)(C)CC1NC1CC1NC(=O)OC(C)(C)C. The lowest BCUT2D eigenvalue weighted by Crippen LogP contribution is -2.40. The molecule has 0 aliphatic heterocycles. The van der Waals surface area contributed by atoms with Crippen LogP contribution >= 0.6 is 0 Å². The lowest BCUT2D eigenvalue weighted by atomic mass is 9.91. The van der Waals surface area contributed by atoms with Gasteiger partial charge in [-0.05, 0) is 51.4 Å². The second-order valence-electron chi connectivity index (χ2n) is 8.42. The van der Waals surface area contributed by atoms with E-state index >= 15 is 0 Å². The maximum atomic E-state index is 11.7. The molecule has 0 aromatic heterocycles. The van der Waals surface area contributed by atoms with Crippen LogP contribution in [0.1, 0.15) is 60.8 Å². The average molecular weight is 282 g/mol. The summed E-state index contributed by atoms with van der Waals surface area (Å²) in [5, 5.41) is 6.65. The van der Waals surface area contributed by atoms with Gasteiger partial charge in [0.1, 0.15) is 5.60 Å². The van der Waals surface area contributed by atoms with E-state index in [1.807, 2.05) is 20.8 Å². The molecule has 20 heavy (non-hydrogen) atoms. The van der Waals surface area contributed by atoms with E-state index in [1.165, 1.54) is 12.8 Å². The largest absolute Gasteiger partial charge is 0.444 e. The number of ether oxygens (including phenoxy) is 1. The van der Waals surface area contributed by atoms with Crippen molar-refractivity contribution in [2.24, 2.45) is 11.3 Å². The number of alkyl carbamates (subject to hydrolysis) is 1. The van der Waals surface area contributed by atoms with E-state index in [2.05, 4.69) is 31.4 Å². The fraction of sp³-hybridized carbons (Fsp3) is 0.938. The summed E-state index contributed by atoms with van der Waals surface area (Å²) < 4.78 is 5.28. The third-order valence-corrected chi connectivity index (χ3v) is 4.25. The van der Waals surface area contributed by atoms with E-state index in [-0.39, 0.29) is 12.1 Å². The van der Waals surface area contributed by atoms with Crippen molar-refractivity contribution in [3.8, 4) is 0 Å². The lowest BCUT2D eigenvalue weighted by molar-refractivity contribution is 0.0521. The summed E-state index contributed by atoms with van der Waals surface area (Å²) in [6.45, 7) is 12.7. The third kappa shape index (κ3) is 4.37. The van der Waals surface area contributed by atoms with Crippen LogP contribution in [-0.4, -0.2) is 29.8 Å². The molecule has 0 heterocycles. The van der Waals surface area contributed by atoms with Gasteiger partial charge in [-0.15, -0.1) is 0 Å². The Bertz CT molecular complexity index is 373. The predicted octanol–water partition coefficient (Wildman–Crippen LogP) is 3.07. The molecule has 4 nitrogen and oxygen atoms in total. The Morgan fingerprint density at radius 2 is 1.80 bits per heavy atom. The molecule has 2 aliphatic carbocycles. The van der Waals surface area contributed by atoms with Crippen LogP contribution in [0.5, 0.6) is 0 Å². The zero-order chi connectivity index (χ0) is 15.1. The molecule has 2 saturated carbocycles. The molecule has 1 amide bonds. The van der Waals surface area contributed by atoms with E-state index in [9.17, 15) is 4.79 Å². The predicted molar refractivity (Wildman–Crippen MR) is 80.7 cm³/mol. The molecule has 116 valence electrons. The molecular weight excluding hydrogens is 252 g/mol. The van der Waals surface area contributed by atoms with Crippen LogP contribution in [0.25, 0.3) is 0 Å². The van der Waals surface area contributed by atoms with E-state index in [4.69, 9.17) is 4.74 Å². The standard InChI is InChI=1S/C16H30N2O2/c1-10-8-16(5,6)9-13(10)17-11-7-12(11)18-14(19)20-15(2,3)4/h10-13,17H,7-9H2,1-6H3,(H,18,19). The third-order valence-electron chi connectivity index (χ3n) is 4.25. The molecule has 0 aromatic rings. The zero-order valence-corrected chi connectivity index (χ0v) is 13.7. The fourth-order valence-corrected chi connectivity index (χ4v) is 3.39. The van der Waals surface area contributed by atoms with Crippen LogP contribution in [0, 0.1) is 11.3 Å². The number of carbonyl (C=O) groups is 1. The van der Waals surface area contributed by atoms with Crippen LogP contribution in [0.4, 0.5) is 4.79 Å². The molecule has 0 saturated heterocycles. The molecule has 4 heteroatoms. The summed E-state index contributed by atoms with van der Waals surface area (Å²) in [5.74, 6) is 0.716. The van der Waals surface area contributed by atoms with E-state index in [0.29, 0.717) is 23.4 Å². The monoisotopic (exact) mass is 282 g/mol. The average Bonchev–Trinajstić information content (AvgIpc) is 2.83. The van der Waals surface area contributed by atoms with Crippen molar-refractivity contribution in [2.75, 3.05) is 0 Å². The first-order chi connectivity index (χ1) is 9.06. The van der Waals surface area contributed by atoms with Crippen LogP contribution in [-0.2, 0) is 4.74 Å². The molecule has 0 bridgehead atoms. The molecule has 2 fully saturated rings. The van der Waals surface area contributed by atoms with Crippen molar-refractivity contribution in [2.45, 2.75) is 84.5 Å². The topological polar surface area (TPSA) is 50.4 Å². The minimum absolute atomic E-state index is 0.237. The maximum Gasteiger partial charge on any atom is 0.407 e. The number of rotatable bonds is 3. The molecule has 0 spiro atoms. The lowest BCUT2D eigenvalue weighted by Gasteiger charge is -2.21. The number of carbonyl (C=O) groups excluding carboxylic acids is 1. The van der Waals surface area contributed by atoms with E-state index < -0.39 is 5.60 Å². The first-order valence-electron chi connectivity index (χ1n) is 7.81. The number of hydrogen-bond donors (Lipinski definition) is 2. The second kappa shape index (κ2) is 5.21. The highest BCUT2D eigenvalue weighted by Crippen LogP contribution is 2.42. The number of amides is 1. The van der Waals surface area contributed by atoms with Crippen LogP contribution in [0.3, 0.4) is 0 Å². The molecule has 2 rings (SSSR count). The Hall–Kier alpha value is -0.770. The fourth-order valence-electron chi connectivity index (χ4n) is 3.39. The van der Waals surface area contributed by atoms with Crippen LogP contribution in [0.15, 0.2) is 0 Å². The van der Waals surface area contributed by atoms with Gasteiger partial charge in [-0.1, -0.05) is 20.8 Å². The van der Waals surface area contributed by atoms with Gasteiger partial charge >= 0.3 is 6.09 Å². The van der Waals surface area contributed by atoms with Crippen molar-refractivity contribution < 1.29 is 9.53 Å². The van der Waals surface area contributed by atoms with Gasteiger partial charge in [0.2, 0.25) is 0 Å². The summed E-state index contributed by atoms with van der Waals surface area (Å²) in [5.41, 5.74) is 0.0198. The minimum Gasteiger partial charge on any atom is -0.444 e. The van der Waals surface area contributed by atoms with Crippen molar-refractivity contribution in [3.05, 3.63) is 0 Å². The van der Waals surface area contributed by atoms with Gasteiger partial charge in [0.05, 0.1) is 0 Å². The maximum absolute atomic E-state index is 11.7.